The quantitative estimate of drug-likeness (QED) is 0.637. The van der Waals surface area contributed by atoms with E-state index in [2.05, 4.69) is 11.8 Å². The number of aliphatic hydroxyl groups excluding tert-OH is 1. The van der Waals surface area contributed by atoms with E-state index in [4.69, 9.17) is 5.73 Å². The van der Waals surface area contributed by atoms with Gasteiger partial charge in [-0.2, -0.15) is 0 Å². The zero-order valence-corrected chi connectivity index (χ0v) is 9.73. The second-order valence-corrected chi connectivity index (χ2v) is 5.37. The van der Waals surface area contributed by atoms with E-state index in [0.29, 0.717) is 18.0 Å². The maximum Gasteiger partial charge on any atom is 0.0695 e. The van der Waals surface area contributed by atoms with E-state index >= 15 is 0 Å². The molecule has 1 aliphatic heterocycles. The highest BCUT2D eigenvalue weighted by atomic mass is 16.3. The summed E-state index contributed by atoms with van der Waals surface area (Å²) >= 11 is 0. The number of hydrogen-bond acceptors (Lipinski definition) is 3. The Kier molecular flexibility index (Phi) is 3.65. The van der Waals surface area contributed by atoms with Crippen LogP contribution in [0.2, 0.25) is 0 Å². The minimum Gasteiger partial charge on any atom is -0.391 e. The Morgan fingerprint density at radius 3 is 2.53 bits per heavy atom. The first-order chi connectivity index (χ1) is 7.18. The number of rotatable bonds is 1. The van der Waals surface area contributed by atoms with Gasteiger partial charge in [0.05, 0.1) is 6.10 Å². The Morgan fingerprint density at radius 1 is 1.13 bits per heavy atom. The molecule has 1 aliphatic carbocycles. The van der Waals surface area contributed by atoms with E-state index in [0.717, 1.165) is 25.9 Å². The van der Waals surface area contributed by atoms with Crippen LogP contribution in [-0.4, -0.2) is 41.3 Å². The van der Waals surface area contributed by atoms with Gasteiger partial charge in [-0.3, -0.25) is 4.90 Å². The molecule has 3 nitrogen and oxygen atoms in total. The molecule has 0 bridgehead atoms. The minimum atomic E-state index is -0.120. The van der Waals surface area contributed by atoms with Crippen molar-refractivity contribution in [3.63, 3.8) is 0 Å². The Bertz CT molecular complexity index is 200. The van der Waals surface area contributed by atoms with Gasteiger partial charge >= 0.3 is 0 Å². The van der Waals surface area contributed by atoms with E-state index in [1.54, 1.807) is 0 Å². The highest BCUT2D eigenvalue weighted by Crippen LogP contribution is 2.26. The van der Waals surface area contributed by atoms with Gasteiger partial charge in [0, 0.05) is 25.2 Å². The van der Waals surface area contributed by atoms with Crippen LogP contribution in [-0.2, 0) is 0 Å². The monoisotopic (exact) mass is 212 g/mol. The van der Waals surface area contributed by atoms with E-state index in [-0.39, 0.29) is 6.10 Å². The average molecular weight is 212 g/mol. The summed E-state index contributed by atoms with van der Waals surface area (Å²) in [7, 11) is 0. The molecule has 0 radical (unpaired) electrons. The van der Waals surface area contributed by atoms with Crippen LogP contribution in [0.5, 0.6) is 0 Å². The number of likely N-dealkylation sites (tertiary alicyclic amines) is 1. The SMILES string of the molecule is CC1CN(C2CCCCCC2O)CC1N. The predicted octanol–water partition coefficient (Wildman–Crippen LogP) is 0.959. The van der Waals surface area contributed by atoms with Crippen LogP contribution in [0.4, 0.5) is 0 Å². The summed E-state index contributed by atoms with van der Waals surface area (Å²) in [5.74, 6) is 0.584. The van der Waals surface area contributed by atoms with Crippen molar-refractivity contribution >= 4 is 0 Å². The second-order valence-electron chi connectivity index (χ2n) is 5.37. The summed E-state index contributed by atoms with van der Waals surface area (Å²) in [5.41, 5.74) is 6.04. The summed E-state index contributed by atoms with van der Waals surface area (Å²) < 4.78 is 0. The summed E-state index contributed by atoms with van der Waals surface area (Å²) in [6, 6.07) is 0.684. The van der Waals surface area contributed by atoms with Crippen molar-refractivity contribution in [2.45, 2.75) is 57.2 Å². The van der Waals surface area contributed by atoms with E-state index in [9.17, 15) is 5.11 Å². The third-order valence-electron chi connectivity index (χ3n) is 4.11. The Hall–Kier alpha value is -0.120. The molecule has 1 saturated carbocycles. The van der Waals surface area contributed by atoms with E-state index < -0.39 is 0 Å². The minimum absolute atomic E-state index is 0.120. The lowest BCUT2D eigenvalue weighted by molar-refractivity contribution is 0.0549. The molecule has 1 saturated heterocycles. The molecule has 2 aliphatic rings. The maximum absolute atomic E-state index is 10.1. The van der Waals surface area contributed by atoms with Crippen molar-refractivity contribution in [1.29, 1.82) is 0 Å². The van der Waals surface area contributed by atoms with Crippen LogP contribution < -0.4 is 5.73 Å². The molecule has 0 aromatic heterocycles. The summed E-state index contributed by atoms with van der Waals surface area (Å²) in [5, 5.41) is 10.1. The molecule has 88 valence electrons. The highest BCUT2D eigenvalue weighted by Gasteiger charge is 2.34. The zero-order chi connectivity index (χ0) is 10.8. The molecule has 4 atom stereocenters. The highest BCUT2D eigenvalue weighted by molar-refractivity contribution is 4.91. The number of hydrogen-bond donors (Lipinski definition) is 2. The smallest absolute Gasteiger partial charge is 0.0695 e. The van der Waals surface area contributed by atoms with Gasteiger partial charge in [-0.1, -0.05) is 26.2 Å². The average Bonchev–Trinajstić information content (AvgIpc) is 2.41. The Balaban J connectivity index is 1.96. The molecular formula is C12H24N2O. The van der Waals surface area contributed by atoms with Gasteiger partial charge < -0.3 is 10.8 Å². The van der Waals surface area contributed by atoms with Crippen LogP contribution >= 0.6 is 0 Å². The summed E-state index contributed by atoms with van der Waals surface area (Å²) in [6.45, 7) is 4.26. The van der Waals surface area contributed by atoms with E-state index in [1.807, 2.05) is 0 Å². The van der Waals surface area contributed by atoms with Crippen LogP contribution in [0.3, 0.4) is 0 Å². The lowest BCUT2D eigenvalue weighted by Gasteiger charge is -2.30. The number of aliphatic hydroxyl groups is 1. The van der Waals surface area contributed by atoms with Crippen molar-refractivity contribution in [3.8, 4) is 0 Å². The van der Waals surface area contributed by atoms with E-state index in [1.165, 1.54) is 19.3 Å². The van der Waals surface area contributed by atoms with Gasteiger partial charge in [0.15, 0.2) is 0 Å². The molecule has 3 N–H and O–H groups in total. The largest absolute Gasteiger partial charge is 0.391 e. The van der Waals surface area contributed by atoms with Gasteiger partial charge in [0.25, 0.3) is 0 Å². The lowest BCUT2D eigenvalue weighted by Crippen LogP contribution is -2.42. The Morgan fingerprint density at radius 2 is 1.87 bits per heavy atom. The Labute approximate surface area is 92.6 Å². The third kappa shape index (κ3) is 2.52. The topological polar surface area (TPSA) is 49.5 Å². The van der Waals surface area contributed by atoms with Crippen molar-refractivity contribution in [2.24, 2.45) is 11.7 Å². The summed E-state index contributed by atoms with van der Waals surface area (Å²) in [6.07, 6.45) is 5.74. The van der Waals surface area contributed by atoms with Gasteiger partial charge in [0.2, 0.25) is 0 Å². The molecule has 0 aromatic carbocycles. The van der Waals surface area contributed by atoms with Crippen LogP contribution in [0.1, 0.15) is 39.0 Å². The summed E-state index contributed by atoms with van der Waals surface area (Å²) in [4.78, 5) is 2.42. The van der Waals surface area contributed by atoms with Gasteiger partial charge in [0.1, 0.15) is 0 Å². The predicted molar refractivity (Wildman–Crippen MR) is 61.6 cm³/mol. The molecule has 4 unspecified atom stereocenters. The zero-order valence-electron chi connectivity index (χ0n) is 9.73. The fraction of sp³-hybridized carbons (Fsp3) is 1.00. The van der Waals surface area contributed by atoms with Gasteiger partial charge in [-0.05, 0) is 18.8 Å². The molecule has 0 amide bonds. The first-order valence-electron chi connectivity index (χ1n) is 6.36. The number of nitrogens with zero attached hydrogens (tertiary/aromatic N) is 1. The molecule has 1 heterocycles. The molecule has 0 aromatic rings. The molecule has 2 fully saturated rings. The first kappa shape index (κ1) is 11.4. The fourth-order valence-corrected chi connectivity index (χ4v) is 3.00. The van der Waals surface area contributed by atoms with Gasteiger partial charge in [-0.15, -0.1) is 0 Å². The molecular weight excluding hydrogens is 188 g/mol. The standard InChI is InChI=1S/C12H24N2O/c1-9-7-14(8-10(9)13)11-5-3-2-4-6-12(11)15/h9-12,15H,2-8,13H2,1H3. The van der Waals surface area contributed by atoms with Crippen molar-refractivity contribution in [3.05, 3.63) is 0 Å². The molecule has 15 heavy (non-hydrogen) atoms. The molecule has 0 spiro atoms. The van der Waals surface area contributed by atoms with Crippen molar-refractivity contribution < 1.29 is 5.11 Å². The molecule has 2 rings (SSSR count). The fourth-order valence-electron chi connectivity index (χ4n) is 3.00. The normalized spacial score (nSPS) is 44.2. The molecule has 3 heteroatoms. The second kappa shape index (κ2) is 4.81. The van der Waals surface area contributed by atoms with Crippen LogP contribution in [0.15, 0.2) is 0 Å². The van der Waals surface area contributed by atoms with Crippen LogP contribution in [0.25, 0.3) is 0 Å². The van der Waals surface area contributed by atoms with Gasteiger partial charge in [-0.25, -0.2) is 0 Å². The first-order valence-corrected chi connectivity index (χ1v) is 6.36. The maximum atomic E-state index is 10.1. The van der Waals surface area contributed by atoms with Crippen molar-refractivity contribution in [2.75, 3.05) is 13.1 Å². The van der Waals surface area contributed by atoms with Crippen molar-refractivity contribution in [1.82, 2.24) is 4.90 Å². The lowest BCUT2D eigenvalue weighted by atomic mass is 10.0. The third-order valence-corrected chi connectivity index (χ3v) is 4.11. The number of nitrogens with two attached hydrogens (primary N) is 1. The van der Waals surface area contributed by atoms with Crippen LogP contribution in [0, 0.1) is 5.92 Å².